The molecule has 2 aliphatic heterocycles. The zero-order valence-corrected chi connectivity index (χ0v) is 17.5. The first kappa shape index (κ1) is 20.2. The Balaban J connectivity index is 1.42. The quantitative estimate of drug-likeness (QED) is 0.610. The van der Waals surface area contributed by atoms with E-state index >= 15 is 0 Å². The van der Waals surface area contributed by atoms with Crippen LogP contribution in [-0.4, -0.2) is 50.0 Å². The SMILES string of the molecule is COC(=O)c1ccc2c(c1)SCC=C2c1ccc(CC2CN(CCCF)C2)cc1. The van der Waals surface area contributed by atoms with Crippen LogP contribution in [-0.2, 0) is 11.2 Å². The minimum atomic E-state index is -0.298. The summed E-state index contributed by atoms with van der Waals surface area (Å²) >= 11 is 1.74. The van der Waals surface area contributed by atoms with Crippen molar-refractivity contribution in [3.05, 3.63) is 70.8 Å². The lowest BCUT2D eigenvalue weighted by Crippen LogP contribution is -2.47. The normalized spacial score (nSPS) is 16.7. The van der Waals surface area contributed by atoms with Crippen molar-refractivity contribution in [1.82, 2.24) is 4.90 Å². The monoisotopic (exact) mass is 411 g/mol. The van der Waals surface area contributed by atoms with E-state index in [4.69, 9.17) is 4.74 Å². The first-order chi connectivity index (χ1) is 14.2. The highest BCUT2D eigenvalue weighted by molar-refractivity contribution is 7.99. The van der Waals surface area contributed by atoms with Gasteiger partial charge in [-0.05, 0) is 53.2 Å². The molecule has 3 nitrogen and oxygen atoms in total. The summed E-state index contributed by atoms with van der Waals surface area (Å²) in [5.41, 5.74) is 5.55. The average Bonchev–Trinajstić information content (AvgIpc) is 2.74. The van der Waals surface area contributed by atoms with Crippen LogP contribution in [0.4, 0.5) is 4.39 Å². The van der Waals surface area contributed by atoms with E-state index in [1.165, 1.54) is 29.4 Å². The van der Waals surface area contributed by atoms with Crippen LogP contribution in [0.25, 0.3) is 5.57 Å². The molecular formula is C24H26FNO2S. The maximum absolute atomic E-state index is 12.3. The van der Waals surface area contributed by atoms with Crippen LogP contribution in [0.1, 0.15) is 33.5 Å². The van der Waals surface area contributed by atoms with Gasteiger partial charge in [0.15, 0.2) is 0 Å². The molecule has 2 heterocycles. The lowest BCUT2D eigenvalue weighted by atomic mass is 9.90. The van der Waals surface area contributed by atoms with Gasteiger partial charge in [-0.3, -0.25) is 4.39 Å². The molecule has 0 radical (unpaired) electrons. The molecule has 152 valence electrons. The Morgan fingerprint density at radius 3 is 2.72 bits per heavy atom. The summed E-state index contributed by atoms with van der Waals surface area (Å²) in [6.07, 6.45) is 3.99. The van der Waals surface area contributed by atoms with Crippen molar-refractivity contribution in [2.45, 2.75) is 17.7 Å². The van der Waals surface area contributed by atoms with Gasteiger partial charge >= 0.3 is 5.97 Å². The van der Waals surface area contributed by atoms with Gasteiger partial charge in [0.25, 0.3) is 0 Å². The molecule has 29 heavy (non-hydrogen) atoms. The molecule has 0 aromatic heterocycles. The summed E-state index contributed by atoms with van der Waals surface area (Å²) in [6.45, 7) is 2.83. The Morgan fingerprint density at radius 2 is 2.00 bits per heavy atom. The number of halogens is 1. The lowest BCUT2D eigenvalue weighted by Gasteiger charge is -2.39. The molecule has 0 amide bonds. The van der Waals surface area contributed by atoms with E-state index in [2.05, 4.69) is 35.2 Å². The van der Waals surface area contributed by atoms with Gasteiger partial charge in [0.05, 0.1) is 19.3 Å². The number of hydrogen-bond acceptors (Lipinski definition) is 4. The predicted octanol–water partition coefficient (Wildman–Crippen LogP) is 4.84. The number of fused-ring (bicyclic) bond motifs is 1. The van der Waals surface area contributed by atoms with Crippen LogP contribution in [0.2, 0.25) is 0 Å². The summed E-state index contributed by atoms with van der Waals surface area (Å²) in [7, 11) is 1.41. The summed E-state index contributed by atoms with van der Waals surface area (Å²) in [4.78, 5) is 15.3. The minimum absolute atomic E-state index is 0.218. The molecule has 0 N–H and O–H groups in total. The van der Waals surface area contributed by atoms with Crippen LogP contribution in [0.15, 0.2) is 53.4 Å². The van der Waals surface area contributed by atoms with Crippen molar-refractivity contribution in [2.24, 2.45) is 5.92 Å². The Kier molecular flexibility index (Phi) is 6.36. The number of thioether (sulfide) groups is 1. The van der Waals surface area contributed by atoms with Gasteiger partial charge < -0.3 is 9.64 Å². The fourth-order valence-electron chi connectivity index (χ4n) is 4.13. The topological polar surface area (TPSA) is 29.5 Å². The molecule has 1 fully saturated rings. The Hall–Kier alpha value is -2.11. The number of alkyl halides is 1. The molecule has 4 rings (SSSR count). The number of carbonyl (C=O) groups is 1. The van der Waals surface area contributed by atoms with Gasteiger partial charge in [-0.15, -0.1) is 11.8 Å². The maximum Gasteiger partial charge on any atom is 0.337 e. The highest BCUT2D eigenvalue weighted by Gasteiger charge is 2.26. The molecule has 2 aromatic rings. The van der Waals surface area contributed by atoms with E-state index < -0.39 is 0 Å². The van der Waals surface area contributed by atoms with Crippen LogP contribution in [0.5, 0.6) is 0 Å². The third kappa shape index (κ3) is 4.57. The highest BCUT2D eigenvalue weighted by Crippen LogP contribution is 2.37. The van der Waals surface area contributed by atoms with Gasteiger partial charge in [0.1, 0.15) is 0 Å². The molecular weight excluding hydrogens is 385 g/mol. The molecule has 0 aliphatic carbocycles. The first-order valence-corrected chi connectivity index (χ1v) is 11.1. The number of carbonyl (C=O) groups excluding carboxylic acids is 1. The Labute approximate surface area is 175 Å². The van der Waals surface area contributed by atoms with Gasteiger partial charge in [-0.25, -0.2) is 4.79 Å². The molecule has 2 aliphatic rings. The third-order valence-corrected chi connectivity index (χ3v) is 6.63. The average molecular weight is 412 g/mol. The maximum atomic E-state index is 12.3. The molecule has 2 aromatic carbocycles. The number of methoxy groups -OCH3 is 1. The summed E-state index contributed by atoms with van der Waals surface area (Å²) < 4.78 is 17.1. The van der Waals surface area contributed by atoms with Crippen molar-refractivity contribution >= 4 is 23.3 Å². The second kappa shape index (κ2) is 9.14. The standard InChI is InChI=1S/C24H26FNO2S/c1-28-24(27)20-7-8-22-21(9-12-29-23(22)14-20)19-5-3-17(4-6-19)13-18-15-26(16-18)11-2-10-25/h3-9,14,18H,2,10-13,15-16H2,1H3. The van der Waals surface area contributed by atoms with Gasteiger partial charge in [-0.2, -0.15) is 0 Å². The van der Waals surface area contributed by atoms with Crippen LogP contribution >= 0.6 is 11.8 Å². The van der Waals surface area contributed by atoms with E-state index in [9.17, 15) is 9.18 Å². The van der Waals surface area contributed by atoms with Crippen molar-refractivity contribution in [3.63, 3.8) is 0 Å². The van der Waals surface area contributed by atoms with E-state index in [0.29, 0.717) is 17.9 Å². The first-order valence-electron chi connectivity index (χ1n) is 10.1. The van der Waals surface area contributed by atoms with Crippen LogP contribution < -0.4 is 0 Å². The number of benzene rings is 2. The van der Waals surface area contributed by atoms with Crippen LogP contribution in [0.3, 0.4) is 0 Å². The van der Waals surface area contributed by atoms with Gasteiger partial charge in [-0.1, -0.05) is 36.4 Å². The minimum Gasteiger partial charge on any atom is -0.465 e. The smallest absolute Gasteiger partial charge is 0.337 e. The molecule has 0 spiro atoms. The zero-order valence-electron chi connectivity index (χ0n) is 16.7. The molecule has 5 heteroatoms. The van der Waals surface area contributed by atoms with Gasteiger partial charge in [0.2, 0.25) is 0 Å². The molecule has 0 saturated carbocycles. The van der Waals surface area contributed by atoms with E-state index in [1.807, 2.05) is 18.2 Å². The second-order valence-corrected chi connectivity index (χ2v) is 8.76. The Morgan fingerprint density at radius 1 is 1.21 bits per heavy atom. The largest absolute Gasteiger partial charge is 0.465 e. The number of ether oxygens (including phenoxy) is 1. The molecule has 0 bridgehead atoms. The predicted molar refractivity (Wildman–Crippen MR) is 116 cm³/mol. The number of likely N-dealkylation sites (tertiary alicyclic amines) is 1. The highest BCUT2D eigenvalue weighted by atomic mass is 32.2. The van der Waals surface area contributed by atoms with Crippen molar-refractivity contribution < 1.29 is 13.9 Å². The lowest BCUT2D eigenvalue weighted by molar-refractivity contribution is 0.0600. The summed E-state index contributed by atoms with van der Waals surface area (Å²) in [5, 5.41) is 0. The van der Waals surface area contributed by atoms with E-state index in [-0.39, 0.29) is 12.6 Å². The van der Waals surface area contributed by atoms with Crippen molar-refractivity contribution in [3.8, 4) is 0 Å². The van der Waals surface area contributed by atoms with E-state index in [1.54, 1.807) is 11.8 Å². The number of nitrogens with zero attached hydrogens (tertiary/aromatic N) is 1. The molecule has 0 atom stereocenters. The molecule has 1 saturated heterocycles. The number of hydrogen-bond donors (Lipinski definition) is 0. The third-order valence-electron chi connectivity index (χ3n) is 5.65. The number of rotatable bonds is 7. The van der Waals surface area contributed by atoms with Crippen molar-refractivity contribution in [2.75, 3.05) is 39.2 Å². The molecule has 0 unspecified atom stereocenters. The van der Waals surface area contributed by atoms with Crippen LogP contribution in [0, 0.1) is 5.92 Å². The summed E-state index contributed by atoms with van der Waals surface area (Å²) in [6, 6.07) is 14.6. The Bertz CT molecular complexity index is 904. The second-order valence-electron chi connectivity index (χ2n) is 7.70. The zero-order chi connectivity index (χ0) is 20.2. The fraction of sp³-hybridized carbons (Fsp3) is 0.375. The van der Waals surface area contributed by atoms with Gasteiger partial charge in [0, 0.05) is 30.3 Å². The number of esters is 1. The van der Waals surface area contributed by atoms with E-state index in [0.717, 1.165) is 36.7 Å². The summed E-state index contributed by atoms with van der Waals surface area (Å²) in [5.74, 6) is 1.28. The fourth-order valence-corrected chi connectivity index (χ4v) is 5.11. The van der Waals surface area contributed by atoms with Crippen molar-refractivity contribution in [1.29, 1.82) is 0 Å².